The number of aliphatic hydroxyl groups excluding tert-OH is 1. The number of phenols is 1. The van der Waals surface area contributed by atoms with Crippen LogP contribution in [-0.4, -0.2) is 106 Å². The Hall–Kier alpha value is -5.37. The number of ether oxygens (including phenoxy) is 2. The van der Waals surface area contributed by atoms with Crippen molar-refractivity contribution >= 4 is 29.3 Å². The number of H-pyrrole nitrogens is 1. The number of aromatic nitrogens is 1. The van der Waals surface area contributed by atoms with E-state index in [1.54, 1.807) is 12.1 Å². The highest BCUT2D eigenvalue weighted by Gasteiger charge is 2.38. The first-order valence-corrected chi connectivity index (χ1v) is 24.7. The van der Waals surface area contributed by atoms with Crippen LogP contribution in [0, 0.1) is 11.8 Å². The Morgan fingerprint density at radius 3 is 2.28 bits per heavy atom. The predicted molar refractivity (Wildman–Crippen MR) is 277 cm³/mol. The van der Waals surface area contributed by atoms with Crippen molar-refractivity contribution in [3.05, 3.63) is 130 Å². The predicted octanol–water partition coefficient (Wildman–Crippen LogP) is 9.05. The monoisotopic (exact) mass is 934 g/mol. The second kappa shape index (κ2) is 30.2. The molecular weight excluding hydrogens is 855 g/mol. The van der Waals surface area contributed by atoms with Gasteiger partial charge in [0.05, 0.1) is 24.8 Å². The van der Waals surface area contributed by atoms with E-state index < -0.39 is 6.10 Å². The molecule has 12 heteroatoms. The van der Waals surface area contributed by atoms with Crippen LogP contribution in [-0.2, 0) is 30.9 Å². The molecule has 6 N–H and O–H groups in total. The van der Waals surface area contributed by atoms with E-state index in [1.807, 2.05) is 19.2 Å². The lowest BCUT2D eigenvalue weighted by Gasteiger charge is -2.27. The number of aldehydes is 1. The zero-order valence-electron chi connectivity index (χ0n) is 41.5. The summed E-state index contributed by atoms with van der Waals surface area (Å²) in [6.07, 6.45) is 8.63. The number of phenolic OH excluding ortho intramolecular Hbond substituents is 1. The molecule has 0 bridgehead atoms. The maximum absolute atomic E-state index is 11.4. The van der Waals surface area contributed by atoms with E-state index in [-0.39, 0.29) is 22.8 Å². The molecule has 1 aromatic heterocycles. The zero-order chi connectivity index (χ0) is 49.2. The van der Waals surface area contributed by atoms with Gasteiger partial charge in [0, 0.05) is 55.8 Å². The minimum absolute atomic E-state index is 0.00385. The molecule has 68 heavy (non-hydrogen) atoms. The van der Waals surface area contributed by atoms with Crippen molar-refractivity contribution in [2.24, 2.45) is 11.8 Å². The van der Waals surface area contributed by atoms with Gasteiger partial charge < -0.3 is 50.3 Å². The second-order valence-electron chi connectivity index (χ2n) is 18.1. The summed E-state index contributed by atoms with van der Waals surface area (Å²) in [5, 5.41) is 30.8. The molecule has 4 aromatic carbocycles. The van der Waals surface area contributed by atoms with Gasteiger partial charge in [0.2, 0.25) is 5.56 Å². The van der Waals surface area contributed by atoms with Crippen LogP contribution < -0.4 is 21.5 Å². The number of anilines is 1. The number of aromatic hydroxyl groups is 1. The third kappa shape index (κ3) is 17.6. The molecule has 1 saturated carbocycles. The molecule has 0 amide bonds. The second-order valence-corrected chi connectivity index (χ2v) is 18.1. The molecule has 3 atom stereocenters. The number of aliphatic hydroxyl groups is 1. The fraction of sp³-hybridized carbons (Fsp3) is 0.482. The quantitative estimate of drug-likeness (QED) is 0.0290. The van der Waals surface area contributed by atoms with E-state index in [2.05, 4.69) is 127 Å². The average molecular weight is 934 g/mol. The van der Waals surface area contributed by atoms with Crippen LogP contribution in [0.3, 0.4) is 0 Å². The van der Waals surface area contributed by atoms with Gasteiger partial charge in [-0.1, -0.05) is 113 Å². The molecule has 1 saturated heterocycles. The van der Waals surface area contributed by atoms with E-state index in [1.165, 1.54) is 52.9 Å². The van der Waals surface area contributed by atoms with Crippen molar-refractivity contribution in [1.29, 1.82) is 0 Å². The van der Waals surface area contributed by atoms with Gasteiger partial charge in [0.25, 0.3) is 6.47 Å². The number of nitrogens with zero attached hydrogens (tertiary/aromatic N) is 1. The first-order valence-electron chi connectivity index (χ1n) is 24.7. The van der Waals surface area contributed by atoms with E-state index in [0.717, 1.165) is 82.9 Å². The molecule has 5 aromatic rings. The van der Waals surface area contributed by atoms with Crippen molar-refractivity contribution in [2.75, 3.05) is 71.9 Å². The number of carbonyl (C=O) groups is 2. The maximum atomic E-state index is 11.4. The highest BCUT2D eigenvalue weighted by molar-refractivity contribution is 5.87. The molecule has 1 aliphatic heterocycles. The molecule has 3 unspecified atom stereocenters. The minimum Gasteiger partial charge on any atom is -0.506 e. The van der Waals surface area contributed by atoms with Crippen LogP contribution in [0.25, 0.3) is 22.0 Å². The Bertz CT molecular complexity index is 2250. The van der Waals surface area contributed by atoms with Crippen LogP contribution in [0.1, 0.15) is 95.4 Å². The number of rotatable bonds is 22. The summed E-state index contributed by atoms with van der Waals surface area (Å²) in [6.45, 7) is 16.3. The minimum atomic E-state index is -0.708. The van der Waals surface area contributed by atoms with E-state index in [0.29, 0.717) is 49.1 Å². The van der Waals surface area contributed by atoms with E-state index in [9.17, 15) is 24.6 Å². The Labute approximate surface area is 405 Å². The summed E-state index contributed by atoms with van der Waals surface area (Å²) in [6, 6.07) is 33.7. The standard InChI is InChI=1S/C18H27N3O3.C17H26O2.C13H13N.C8H13NO2/c1-3-4-10-21(2)11-9-19-12-16(23)13-5-7-15(22)18-14(13)6-8-17(24)20-18;1-4-17(3,5-2)16-9-6-8-15(14-16)10-13-19-12-7-11-18;1-14-13-10-6-5-9-12(13)11-7-3-2-4-8-11;10-5-11-8-1-6-3-9-4-7(6)2-8/h5-8,16,19,22-23H,3-4,9-12H2,1-2H3,(H,20,24);6,8-9,11,14H,4-5,7,10,12-13H2,1-3H3;2-10,14H,1H3;5-9H,1-4H2. The zero-order valence-corrected chi connectivity index (χ0v) is 41.5. The first-order chi connectivity index (χ1) is 33.0. The van der Waals surface area contributed by atoms with Gasteiger partial charge in [0.1, 0.15) is 18.1 Å². The molecular formula is C56H79N5O7. The van der Waals surface area contributed by atoms with Gasteiger partial charge in [-0.05, 0) is 123 Å². The summed E-state index contributed by atoms with van der Waals surface area (Å²) in [5.74, 6) is 1.53. The summed E-state index contributed by atoms with van der Waals surface area (Å²) in [7, 11) is 4.04. The van der Waals surface area contributed by atoms with Gasteiger partial charge in [-0.3, -0.25) is 9.59 Å². The molecule has 7 rings (SSSR count). The molecule has 2 heterocycles. The summed E-state index contributed by atoms with van der Waals surface area (Å²) >= 11 is 0. The number of fused-ring (bicyclic) bond motifs is 2. The number of benzene rings is 4. The van der Waals surface area contributed by atoms with E-state index in [4.69, 9.17) is 9.47 Å². The molecule has 2 fully saturated rings. The maximum Gasteiger partial charge on any atom is 0.293 e. The number of carbonyl (C=O) groups excluding carboxylic acids is 2. The third-order valence-electron chi connectivity index (χ3n) is 13.4. The molecule has 12 nitrogen and oxygen atoms in total. The van der Waals surface area contributed by atoms with Crippen LogP contribution in [0.2, 0.25) is 0 Å². The third-order valence-corrected chi connectivity index (χ3v) is 13.4. The number of hydrogen-bond donors (Lipinski definition) is 6. The number of aromatic amines is 1. The van der Waals surface area contributed by atoms with Crippen molar-refractivity contribution in [2.45, 2.75) is 96.7 Å². The fourth-order valence-corrected chi connectivity index (χ4v) is 8.76. The highest BCUT2D eigenvalue weighted by atomic mass is 16.5. The Morgan fingerprint density at radius 1 is 0.882 bits per heavy atom. The summed E-state index contributed by atoms with van der Waals surface area (Å²) in [4.78, 5) is 36.5. The lowest BCUT2D eigenvalue weighted by Crippen LogP contribution is -2.32. The van der Waals surface area contributed by atoms with Crippen molar-refractivity contribution in [1.82, 2.24) is 20.5 Å². The van der Waals surface area contributed by atoms with Crippen LogP contribution in [0.15, 0.2) is 108 Å². The Balaban J connectivity index is 0.000000205. The topological polar surface area (TPSA) is 165 Å². The highest BCUT2D eigenvalue weighted by Crippen LogP contribution is 2.36. The SMILES string of the molecule is CCC(C)(CC)c1cccc(CCOCCC=O)c1.CCCCN(C)CCNCC(O)c1ccc(O)c2[nH]c(=O)ccc12.CNc1ccccc1-c1ccccc1.O=COC1CC2CNCC2C1. The van der Waals surface area contributed by atoms with Crippen molar-refractivity contribution < 1.29 is 29.3 Å². The summed E-state index contributed by atoms with van der Waals surface area (Å²) < 4.78 is 10.4. The number of nitrogens with one attached hydrogen (secondary N) is 4. The van der Waals surface area contributed by atoms with E-state index >= 15 is 0 Å². The molecule has 1 aliphatic carbocycles. The van der Waals surface area contributed by atoms with Crippen molar-refractivity contribution in [3.8, 4) is 16.9 Å². The van der Waals surface area contributed by atoms with Gasteiger partial charge in [-0.2, -0.15) is 0 Å². The summed E-state index contributed by atoms with van der Waals surface area (Å²) in [5.41, 5.74) is 7.43. The van der Waals surface area contributed by atoms with Gasteiger partial charge in [-0.25, -0.2) is 0 Å². The number of para-hydroxylation sites is 1. The smallest absolute Gasteiger partial charge is 0.293 e. The van der Waals surface area contributed by atoms with Crippen molar-refractivity contribution in [3.63, 3.8) is 0 Å². The fourth-order valence-electron chi connectivity index (χ4n) is 8.76. The normalized spacial score (nSPS) is 16.6. The van der Waals surface area contributed by atoms with Gasteiger partial charge >= 0.3 is 0 Å². The lowest BCUT2D eigenvalue weighted by molar-refractivity contribution is -0.133. The average Bonchev–Trinajstić information content (AvgIpc) is 3.98. The number of hydrogen-bond acceptors (Lipinski definition) is 11. The largest absolute Gasteiger partial charge is 0.506 e. The number of likely N-dealkylation sites (N-methyl/N-ethyl adjacent to an activating group) is 1. The Morgan fingerprint density at radius 2 is 1.60 bits per heavy atom. The van der Waals surface area contributed by atoms with Crippen LogP contribution >= 0.6 is 0 Å². The Kier molecular flexibility index (Phi) is 24.5. The molecule has 0 spiro atoms. The number of pyridine rings is 1. The number of unbranched alkanes of at least 4 members (excludes halogenated alkanes) is 1. The molecule has 2 aliphatic rings. The van der Waals surface area contributed by atoms with Gasteiger partial charge in [0.15, 0.2) is 0 Å². The first kappa shape index (κ1) is 55.2. The molecule has 370 valence electrons. The van der Waals surface area contributed by atoms with Crippen LogP contribution in [0.4, 0.5) is 5.69 Å². The van der Waals surface area contributed by atoms with Gasteiger partial charge in [-0.15, -0.1) is 0 Å². The molecule has 0 radical (unpaired) electrons. The van der Waals surface area contributed by atoms with Crippen LogP contribution in [0.5, 0.6) is 5.75 Å². The lowest BCUT2D eigenvalue weighted by atomic mass is 9.77.